The van der Waals surface area contributed by atoms with E-state index >= 15 is 0 Å². The van der Waals surface area contributed by atoms with Crippen molar-refractivity contribution in [3.8, 4) is 0 Å². The topological polar surface area (TPSA) is 67.0 Å². The van der Waals surface area contributed by atoms with Crippen LogP contribution in [0.15, 0.2) is 6.07 Å². The Morgan fingerprint density at radius 3 is 2.84 bits per heavy atom. The van der Waals surface area contributed by atoms with Gasteiger partial charge in [-0.15, -0.1) is 0 Å². The van der Waals surface area contributed by atoms with E-state index in [1.807, 2.05) is 13.0 Å². The molecular formula is C14H23N3O2. The zero-order valence-electron chi connectivity index (χ0n) is 12.2. The van der Waals surface area contributed by atoms with Crippen LogP contribution in [-0.2, 0) is 21.5 Å². The molecule has 2 rings (SSSR count). The second-order valence-corrected chi connectivity index (χ2v) is 6.39. The van der Waals surface area contributed by atoms with Crippen molar-refractivity contribution in [3.63, 3.8) is 0 Å². The summed E-state index contributed by atoms with van der Waals surface area (Å²) in [7, 11) is 0. The quantitative estimate of drug-likeness (QED) is 0.877. The molecule has 2 N–H and O–H groups in total. The van der Waals surface area contributed by atoms with Gasteiger partial charge in [-0.05, 0) is 25.8 Å². The fourth-order valence-corrected chi connectivity index (χ4v) is 2.16. The molecule has 1 aromatic rings. The van der Waals surface area contributed by atoms with E-state index in [0.717, 1.165) is 24.2 Å². The van der Waals surface area contributed by atoms with Gasteiger partial charge in [0.05, 0.1) is 17.9 Å². The number of ether oxygens (including phenoxy) is 1. The van der Waals surface area contributed by atoms with Crippen molar-refractivity contribution in [1.82, 2.24) is 15.5 Å². The molecule has 0 aromatic carbocycles. The van der Waals surface area contributed by atoms with Crippen LogP contribution in [0.25, 0.3) is 0 Å². The molecule has 5 nitrogen and oxygen atoms in total. The number of carbonyl (C=O) groups excluding carboxylic acids is 1. The molecule has 5 heteroatoms. The van der Waals surface area contributed by atoms with Crippen molar-refractivity contribution in [2.24, 2.45) is 0 Å². The van der Waals surface area contributed by atoms with Crippen molar-refractivity contribution in [1.29, 1.82) is 0 Å². The number of carbonyl (C=O) groups is 1. The Kier molecular flexibility index (Phi) is 3.67. The van der Waals surface area contributed by atoms with Crippen LogP contribution >= 0.6 is 0 Å². The highest BCUT2D eigenvalue weighted by atomic mass is 16.5. The van der Waals surface area contributed by atoms with Crippen LogP contribution in [0.4, 0.5) is 0 Å². The number of nitrogens with one attached hydrogen (secondary N) is 2. The molecule has 19 heavy (non-hydrogen) atoms. The number of rotatable bonds is 3. The standard InChI is InChI=1S/C14H23N3O2/c1-13(2,3)11-8-10(16-17-11)9-15-12(18)14(4)6-5-7-19-14/h8H,5-7,9H2,1-4H3,(H,15,18)(H,16,17). The van der Waals surface area contributed by atoms with E-state index in [9.17, 15) is 4.79 Å². The van der Waals surface area contributed by atoms with Crippen molar-refractivity contribution < 1.29 is 9.53 Å². The van der Waals surface area contributed by atoms with Crippen LogP contribution < -0.4 is 5.32 Å². The van der Waals surface area contributed by atoms with Crippen LogP contribution in [0, 0.1) is 0 Å². The van der Waals surface area contributed by atoms with Crippen molar-refractivity contribution in [3.05, 3.63) is 17.5 Å². The van der Waals surface area contributed by atoms with E-state index in [4.69, 9.17) is 4.74 Å². The fraction of sp³-hybridized carbons (Fsp3) is 0.714. The van der Waals surface area contributed by atoms with Crippen molar-refractivity contribution >= 4 is 5.91 Å². The predicted octanol–water partition coefficient (Wildman–Crippen LogP) is 1.89. The fourth-order valence-electron chi connectivity index (χ4n) is 2.16. The summed E-state index contributed by atoms with van der Waals surface area (Å²) in [6, 6.07) is 2.00. The minimum Gasteiger partial charge on any atom is -0.365 e. The summed E-state index contributed by atoms with van der Waals surface area (Å²) in [4.78, 5) is 12.1. The van der Waals surface area contributed by atoms with Gasteiger partial charge in [0.15, 0.2) is 0 Å². The Hall–Kier alpha value is -1.36. The molecule has 1 amide bonds. The lowest BCUT2D eigenvalue weighted by Gasteiger charge is -2.21. The second-order valence-electron chi connectivity index (χ2n) is 6.39. The van der Waals surface area contributed by atoms with E-state index < -0.39 is 5.60 Å². The summed E-state index contributed by atoms with van der Waals surface area (Å²) in [6.45, 7) is 9.31. The lowest BCUT2D eigenvalue weighted by Crippen LogP contribution is -2.43. The number of aromatic amines is 1. The van der Waals surface area contributed by atoms with Crippen molar-refractivity contribution in [2.75, 3.05) is 6.61 Å². The molecule has 0 aliphatic carbocycles. The maximum atomic E-state index is 12.1. The van der Waals surface area contributed by atoms with Crippen LogP contribution in [0.2, 0.25) is 0 Å². The maximum absolute atomic E-state index is 12.1. The van der Waals surface area contributed by atoms with Gasteiger partial charge in [-0.1, -0.05) is 20.8 Å². The Labute approximate surface area is 114 Å². The largest absolute Gasteiger partial charge is 0.365 e. The number of hydrogen-bond donors (Lipinski definition) is 2. The number of aromatic nitrogens is 2. The molecule has 1 fully saturated rings. The van der Waals surface area contributed by atoms with E-state index in [1.54, 1.807) is 0 Å². The van der Waals surface area contributed by atoms with Gasteiger partial charge in [-0.2, -0.15) is 5.10 Å². The van der Waals surface area contributed by atoms with Crippen LogP contribution in [0.3, 0.4) is 0 Å². The highest BCUT2D eigenvalue weighted by Gasteiger charge is 2.37. The Bertz CT molecular complexity index is 454. The highest BCUT2D eigenvalue weighted by molar-refractivity contribution is 5.84. The molecule has 0 saturated carbocycles. The minimum atomic E-state index is -0.660. The number of amides is 1. The normalized spacial score (nSPS) is 23.6. The molecule has 1 saturated heterocycles. The molecule has 1 aliphatic heterocycles. The smallest absolute Gasteiger partial charge is 0.252 e. The van der Waals surface area contributed by atoms with Gasteiger partial charge in [-0.3, -0.25) is 9.89 Å². The molecule has 1 aromatic heterocycles. The lowest BCUT2D eigenvalue weighted by molar-refractivity contribution is -0.139. The van der Waals surface area contributed by atoms with Gasteiger partial charge in [0.2, 0.25) is 0 Å². The average Bonchev–Trinajstić information content (AvgIpc) is 2.94. The molecule has 2 heterocycles. The average molecular weight is 265 g/mol. The SMILES string of the molecule is CC1(C(=O)NCc2cc(C(C)(C)C)n[nH]2)CCCO1. The molecule has 106 valence electrons. The summed E-state index contributed by atoms with van der Waals surface area (Å²) in [6.07, 6.45) is 1.73. The summed E-state index contributed by atoms with van der Waals surface area (Å²) in [5.74, 6) is -0.0445. The Balaban J connectivity index is 1.92. The third-order valence-electron chi connectivity index (χ3n) is 3.54. The molecule has 0 radical (unpaired) electrons. The lowest BCUT2D eigenvalue weighted by atomic mass is 9.92. The first-order valence-corrected chi connectivity index (χ1v) is 6.78. The van der Waals surface area contributed by atoms with Gasteiger partial charge in [0.25, 0.3) is 5.91 Å². The first kappa shape index (κ1) is 14.1. The first-order valence-electron chi connectivity index (χ1n) is 6.78. The zero-order chi connectivity index (χ0) is 14.1. The monoisotopic (exact) mass is 265 g/mol. The summed E-state index contributed by atoms with van der Waals surface area (Å²) >= 11 is 0. The third-order valence-corrected chi connectivity index (χ3v) is 3.54. The molecule has 1 unspecified atom stereocenters. The molecule has 0 spiro atoms. The van der Waals surface area contributed by atoms with Gasteiger partial charge < -0.3 is 10.1 Å². The summed E-state index contributed by atoms with van der Waals surface area (Å²) in [5.41, 5.74) is 1.27. The zero-order valence-corrected chi connectivity index (χ0v) is 12.2. The van der Waals surface area contributed by atoms with Crippen LogP contribution in [-0.4, -0.2) is 28.3 Å². The molecule has 1 aliphatic rings. The second kappa shape index (κ2) is 4.96. The number of H-pyrrole nitrogens is 1. The molecule has 1 atom stereocenters. The minimum absolute atomic E-state index is 0.0132. The first-order chi connectivity index (χ1) is 8.81. The van der Waals surface area contributed by atoms with Gasteiger partial charge >= 0.3 is 0 Å². The van der Waals surface area contributed by atoms with Gasteiger partial charge in [0.1, 0.15) is 5.60 Å². The van der Waals surface area contributed by atoms with Crippen LogP contribution in [0.1, 0.15) is 51.9 Å². The van der Waals surface area contributed by atoms with E-state index in [-0.39, 0.29) is 11.3 Å². The molecular weight excluding hydrogens is 242 g/mol. The maximum Gasteiger partial charge on any atom is 0.252 e. The summed E-state index contributed by atoms with van der Waals surface area (Å²) < 4.78 is 5.51. The molecule has 0 bridgehead atoms. The van der Waals surface area contributed by atoms with E-state index in [0.29, 0.717) is 13.2 Å². The highest BCUT2D eigenvalue weighted by Crippen LogP contribution is 2.25. The Morgan fingerprint density at radius 1 is 1.58 bits per heavy atom. The summed E-state index contributed by atoms with van der Waals surface area (Å²) in [5, 5.41) is 10.1. The van der Waals surface area contributed by atoms with E-state index in [2.05, 4.69) is 36.3 Å². The van der Waals surface area contributed by atoms with Crippen LogP contribution in [0.5, 0.6) is 0 Å². The van der Waals surface area contributed by atoms with Gasteiger partial charge in [-0.25, -0.2) is 0 Å². The van der Waals surface area contributed by atoms with Gasteiger partial charge in [0, 0.05) is 12.0 Å². The third kappa shape index (κ3) is 3.15. The Morgan fingerprint density at radius 2 is 2.32 bits per heavy atom. The number of nitrogens with zero attached hydrogens (tertiary/aromatic N) is 1. The predicted molar refractivity (Wildman–Crippen MR) is 72.7 cm³/mol. The van der Waals surface area contributed by atoms with E-state index in [1.165, 1.54) is 0 Å². The van der Waals surface area contributed by atoms with Crippen molar-refractivity contribution in [2.45, 2.75) is 58.1 Å². The number of hydrogen-bond acceptors (Lipinski definition) is 3.